The molecule has 162 valence electrons. The van der Waals surface area contributed by atoms with Crippen LogP contribution in [0.1, 0.15) is 16.7 Å². The van der Waals surface area contributed by atoms with Crippen LogP contribution in [0.5, 0.6) is 5.75 Å². The Labute approximate surface area is 195 Å². The van der Waals surface area contributed by atoms with Crippen LogP contribution < -0.4 is 10.1 Å². The number of hydrogen-bond acceptors (Lipinski definition) is 4. The van der Waals surface area contributed by atoms with Crippen molar-refractivity contribution in [2.24, 2.45) is 0 Å². The second-order valence-corrected chi connectivity index (χ2v) is 8.18. The number of aromatic nitrogens is 1. The smallest absolute Gasteiger partial charge is 0.248 e. The number of nitrogens with one attached hydrogen (secondary N) is 1. The molecule has 4 aromatic rings. The SMILES string of the molecule is COc1c(Cl)cc(Cl)cc1C=CC(=O)Nc1cccc(-c2nc3cc(C)c(C)cc3o2)c1. The van der Waals surface area contributed by atoms with Gasteiger partial charge in [0.1, 0.15) is 11.3 Å². The quantitative estimate of drug-likeness (QED) is 0.319. The van der Waals surface area contributed by atoms with Gasteiger partial charge in [-0.15, -0.1) is 0 Å². The second kappa shape index (κ2) is 9.07. The van der Waals surface area contributed by atoms with Crippen molar-refractivity contribution in [1.29, 1.82) is 0 Å². The molecule has 1 N–H and O–H groups in total. The summed E-state index contributed by atoms with van der Waals surface area (Å²) in [5, 5.41) is 3.66. The van der Waals surface area contributed by atoms with Gasteiger partial charge in [0.2, 0.25) is 11.8 Å². The van der Waals surface area contributed by atoms with Gasteiger partial charge >= 0.3 is 0 Å². The first-order valence-corrected chi connectivity index (χ1v) is 10.6. The van der Waals surface area contributed by atoms with Crippen LogP contribution in [-0.2, 0) is 4.79 Å². The molecule has 0 saturated heterocycles. The number of halogens is 2. The Hall–Kier alpha value is -3.28. The number of hydrogen-bond donors (Lipinski definition) is 1. The molecule has 0 aliphatic carbocycles. The van der Waals surface area contributed by atoms with Crippen molar-refractivity contribution in [2.45, 2.75) is 13.8 Å². The zero-order valence-corrected chi connectivity index (χ0v) is 19.2. The fourth-order valence-electron chi connectivity index (χ4n) is 3.30. The zero-order chi connectivity index (χ0) is 22.8. The number of oxazole rings is 1. The number of methoxy groups -OCH3 is 1. The number of anilines is 1. The van der Waals surface area contributed by atoms with Crippen molar-refractivity contribution < 1.29 is 13.9 Å². The molecule has 0 saturated carbocycles. The number of carbonyl (C=O) groups excluding carboxylic acids is 1. The molecule has 5 nitrogen and oxygen atoms in total. The molecule has 0 aliphatic heterocycles. The Morgan fingerprint density at radius 3 is 2.66 bits per heavy atom. The third kappa shape index (κ3) is 4.64. The van der Waals surface area contributed by atoms with E-state index in [1.807, 2.05) is 44.2 Å². The van der Waals surface area contributed by atoms with E-state index < -0.39 is 0 Å². The van der Waals surface area contributed by atoms with E-state index in [1.54, 1.807) is 24.3 Å². The summed E-state index contributed by atoms with van der Waals surface area (Å²) in [7, 11) is 1.51. The van der Waals surface area contributed by atoms with Gasteiger partial charge < -0.3 is 14.5 Å². The summed E-state index contributed by atoms with van der Waals surface area (Å²) in [6, 6.07) is 14.6. The molecule has 0 spiro atoms. The molecular formula is C25H20Cl2N2O3. The summed E-state index contributed by atoms with van der Waals surface area (Å²) >= 11 is 12.2. The van der Waals surface area contributed by atoms with Crippen LogP contribution in [0.25, 0.3) is 28.6 Å². The number of rotatable bonds is 5. The Kier molecular flexibility index (Phi) is 6.21. The molecule has 1 aromatic heterocycles. The Morgan fingerprint density at radius 2 is 1.88 bits per heavy atom. The molecule has 7 heteroatoms. The molecule has 0 atom stereocenters. The fraction of sp³-hybridized carbons (Fsp3) is 0.120. The van der Waals surface area contributed by atoms with E-state index in [1.165, 1.54) is 13.2 Å². The maximum atomic E-state index is 12.5. The van der Waals surface area contributed by atoms with E-state index in [9.17, 15) is 4.79 Å². The first kappa shape index (κ1) is 21.9. The predicted molar refractivity (Wildman–Crippen MR) is 130 cm³/mol. The van der Waals surface area contributed by atoms with Gasteiger partial charge in [-0.25, -0.2) is 4.98 Å². The van der Waals surface area contributed by atoms with Crippen LogP contribution >= 0.6 is 23.2 Å². The van der Waals surface area contributed by atoms with Crippen LogP contribution in [0.15, 0.2) is 59.0 Å². The van der Waals surface area contributed by atoms with Gasteiger partial charge in [0.15, 0.2) is 5.58 Å². The summed E-state index contributed by atoms with van der Waals surface area (Å²) in [5.41, 5.74) is 5.81. The maximum Gasteiger partial charge on any atom is 0.248 e. The maximum absolute atomic E-state index is 12.5. The van der Waals surface area contributed by atoms with Gasteiger partial charge in [-0.2, -0.15) is 0 Å². The Morgan fingerprint density at radius 1 is 1.09 bits per heavy atom. The van der Waals surface area contributed by atoms with Crippen LogP contribution in [0, 0.1) is 13.8 Å². The van der Waals surface area contributed by atoms with Crippen molar-refractivity contribution in [3.8, 4) is 17.2 Å². The molecule has 1 heterocycles. The largest absolute Gasteiger partial charge is 0.495 e. The van der Waals surface area contributed by atoms with Crippen LogP contribution in [0.2, 0.25) is 10.0 Å². The Bertz CT molecular complexity index is 1320. The average molecular weight is 467 g/mol. The molecule has 0 radical (unpaired) electrons. The second-order valence-electron chi connectivity index (χ2n) is 7.34. The monoisotopic (exact) mass is 466 g/mol. The normalized spacial score (nSPS) is 11.3. The highest BCUT2D eigenvalue weighted by Crippen LogP contribution is 2.33. The summed E-state index contributed by atoms with van der Waals surface area (Å²) < 4.78 is 11.2. The standard InChI is InChI=1S/C25H20Cl2N2O3/c1-14-9-21-22(10-15(14)2)32-25(29-21)17-5-4-6-19(12-17)28-23(30)8-7-16-11-18(26)13-20(27)24(16)31-3/h4-13H,1-3H3,(H,28,30). The van der Waals surface area contributed by atoms with Crippen LogP contribution in [0.3, 0.4) is 0 Å². The Balaban J connectivity index is 1.55. The number of ether oxygens (including phenoxy) is 1. The molecule has 1 amide bonds. The van der Waals surface area contributed by atoms with Crippen molar-refractivity contribution in [3.05, 3.63) is 81.3 Å². The highest BCUT2D eigenvalue weighted by atomic mass is 35.5. The highest BCUT2D eigenvalue weighted by molar-refractivity contribution is 6.36. The van der Waals surface area contributed by atoms with Gasteiger partial charge in [0, 0.05) is 27.9 Å². The molecule has 0 bridgehead atoms. The average Bonchev–Trinajstić information content (AvgIpc) is 3.15. The van der Waals surface area contributed by atoms with Gasteiger partial charge in [-0.3, -0.25) is 4.79 Å². The molecule has 0 unspecified atom stereocenters. The number of nitrogens with zero attached hydrogens (tertiary/aromatic N) is 1. The predicted octanol–water partition coefficient (Wildman–Crippen LogP) is 7.08. The van der Waals surface area contributed by atoms with E-state index in [0.29, 0.717) is 32.9 Å². The van der Waals surface area contributed by atoms with E-state index in [0.717, 1.165) is 27.8 Å². The molecular weight excluding hydrogens is 447 g/mol. The van der Waals surface area contributed by atoms with Gasteiger partial charge in [-0.05, 0) is 73.5 Å². The van der Waals surface area contributed by atoms with Gasteiger partial charge in [0.05, 0.1) is 12.1 Å². The topological polar surface area (TPSA) is 64.4 Å². The lowest BCUT2D eigenvalue weighted by molar-refractivity contribution is -0.111. The summed E-state index contributed by atoms with van der Waals surface area (Å²) in [6.45, 7) is 4.08. The summed E-state index contributed by atoms with van der Waals surface area (Å²) in [6.07, 6.45) is 2.99. The third-order valence-corrected chi connectivity index (χ3v) is 5.54. The minimum atomic E-state index is -0.316. The number of benzene rings is 3. The van der Waals surface area contributed by atoms with Crippen molar-refractivity contribution >= 4 is 52.0 Å². The lowest BCUT2D eigenvalue weighted by Crippen LogP contribution is -2.07. The van der Waals surface area contributed by atoms with Crippen LogP contribution in [-0.4, -0.2) is 18.0 Å². The lowest BCUT2D eigenvalue weighted by atomic mass is 10.1. The zero-order valence-electron chi connectivity index (χ0n) is 17.7. The summed E-state index contributed by atoms with van der Waals surface area (Å²) in [4.78, 5) is 17.1. The summed E-state index contributed by atoms with van der Waals surface area (Å²) in [5.74, 6) is 0.627. The fourth-order valence-corrected chi connectivity index (χ4v) is 3.89. The lowest BCUT2D eigenvalue weighted by Gasteiger charge is -2.08. The van der Waals surface area contributed by atoms with E-state index in [4.69, 9.17) is 32.4 Å². The third-order valence-electron chi connectivity index (χ3n) is 5.04. The number of carbonyl (C=O) groups is 1. The minimum absolute atomic E-state index is 0.316. The molecule has 32 heavy (non-hydrogen) atoms. The highest BCUT2D eigenvalue weighted by Gasteiger charge is 2.11. The van der Waals surface area contributed by atoms with Crippen LogP contribution in [0.4, 0.5) is 5.69 Å². The molecule has 0 fully saturated rings. The first-order chi connectivity index (χ1) is 15.3. The number of fused-ring (bicyclic) bond motifs is 1. The van der Waals surface area contributed by atoms with Crippen molar-refractivity contribution in [2.75, 3.05) is 12.4 Å². The molecule has 3 aromatic carbocycles. The first-order valence-electron chi connectivity index (χ1n) is 9.84. The number of aryl methyl sites for hydroxylation is 2. The van der Waals surface area contributed by atoms with E-state index >= 15 is 0 Å². The van der Waals surface area contributed by atoms with Crippen molar-refractivity contribution in [3.63, 3.8) is 0 Å². The minimum Gasteiger partial charge on any atom is -0.495 e. The molecule has 0 aliphatic rings. The van der Waals surface area contributed by atoms with E-state index in [2.05, 4.69) is 10.3 Å². The van der Waals surface area contributed by atoms with Crippen molar-refractivity contribution in [1.82, 2.24) is 4.98 Å². The number of amides is 1. The molecule has 4 rings (SSSR count). The van der Waals surface area contributed by atoms with Gasteiger partial charge in [0.25, 0.3) is 0 Å². The van der Waals surface area contributed by atoms with Gasteiger partial charge in [-0.1, -0.05) is 29.3 Å². The van der Waals surface area contributed by atoms with E-state index in [-0.39, 0.29) is 5.91 Å².